The van der Waals surface area contributed by atoms with Crippen LogP contribution in [0.3, 0.4) is 0 Å². The highest BCUT2D eigenvalue weighted by Gasteiger charge is 2.38. The van der Waals surface area contributed by atoms with E-state index in [1.807, 2.05) is 6.07 Å². The van der Waals surface area contributed by atoms with Crippen molar-refractivity contribution in [2.45, 2.75) is 19.9 Å². The summed E-state index contributed by atoms with van der Waals surface area (Å²) in [5.41, 5.74) is 0.226. The van der Waals surface area contributed by atoms with Crippen LogP contribution in [0, 0.1) is 28.8 Å². The van der Waals surface area contributed by atoms with Crippen molar-refractivity contribution in [2.24, 2.45) is 0 Å². The maximum absolute atomic E-state index is 15.5. The smallest absolute Gasteiger partial charge is 0.335 e. The number of benzene rings is 2. The van der Waals surface area contributed by atoms with Crippen LogP contribution in [0.2, 0.25) is 0 Å². The van der Waals surface area contributed by atoms with Gasteiger partial charge in [0.1, 0.15) is 17.3 Å². The number of amides is 2. The number of pyridine rings is 1. The van der Waals surface area contributed by atoms with Gasteiger partial charge in [-0.25, -0.2) is 22.9 Å². The summed E-state index contributed by atoms with van der Waals surface area (Å²) in [4.78, 5) is 20.2. The quantitative estimate of drug-likeness (QED) is 0.385. The lowest BCUT2D eigenvalue weighted by Crippen LogP contribution is -2.45. The van der Waals surface area contributed by atoms with Crippen LogP contribution in [-0.2, 0) is 0 Å². The Morgan fingerprint density at radius 3 is 2.43 bits per heavy atom. The van der Waals surface area contributed by atoms with Gasteiger partial charge in [0.2, 0.25) is 0 Å². The van der Waals surface area contributed by atoms with Gasteiger partial charge in [-0.2, -0.15) is 5.26 Å². The number of nitrogens with zero attached hydrogens (tertiary/aromatic N) is 4. The topological polar surface area (TPSA) is 105 Å². The van der Waals surface area contributed by atoms with Gasteiger partial charge in [-0.3, -0.25) is 9.80 Å². The zero-order valence-electron chi connectivity index (χ0n) is 20.2. The monoisotopic (exact) mass is 510 g/mol. The summed E-state index contributed by atoms with van der Waals surface area (Å²) in [6.07, 6.45) is 0.970. The third-order valence-electron chi connectivity index (χ3n) is 5.79. The standard InChI is InChI=1S/C26H25F3N6O2/c1-15(2)34-25-20(10-17(27)14-33-25)19-4-3-16(13-30)9-23(19)35(26(34)37)24-21(28)11-18(12-22(24)29)32-6-5-31-7-8-36/h3-4,9-12,14-15,31-32,36H,5-8H2,1-2H3. The number of aliphatic hydroxyl groups excluding tert-OH is 1. The van der Waals surface area contributed by atoms with Crippen LogP contribution in [0.1, 0.15) is 19.4 Å². The van der Waals surface area contributed by atoms with Crippen LogP contribution in [-0.4, -0.2) is 48.4 Å². The maximum atomic E-state index is 15.5. The SMILES string of the molecule is CC(C)N1C(=O)N(c2c(F)cc(NCCNCCO)cc2F)c2cc(C#N)ccc2-c2cc(F)cnc21. The van der Waals surface area contributed by atoms with Crippen molar-refractivity contribution in [3.05, 3.63) is 65.6 Å². The normalized spacial score (nSPS) is 12.8. The number of aliphatic hydroxyl groups is 1. The summed E-state index contributed by atoms with van der Waals surface area (Å²) in [5, 5.41) is 24.1. The van der Waals surface area contributed by atoms with Crippen molar-refractivity contribution in [3.8, 4) is 17.2 Å². The molecule has 8 nitrogen and oxygen atoms in total. The minimum absolute atomic E-state index is 0.0209. The van der Waals surface area contributed by atoms with E-state index in [0.29, 0.717) is 19.6 Å². The minimum atomic E-state index is -1.01. The molecule has 0 spiro atoms. The van der Waals surface area contributed by atoms with Crippen LogP contribution in [0.25, 0.3) is 11.1 Å². The predicted octanol–water partition coefficient (Wildman–Crippen LogP) is 4.52. The van der Waals surface area contributed by atoms with E-state index in [2.05, 4.69) is 15.6 Å². The molecule has 11 heteroatoms. The highest BCUT2D eigenvalue weighted by molar-refractivity contribution is 6.15. The number of anilines is 4. The van der Waals surface area contributed by atoms with Gasteiger partial charge in [-0.05, 0) is 44.2 Å². The Kier molecular flexibility index (Phi) is 7.61. The zero-order valence-corrected chi connectivity index (χ0v) is 20.2. The highest BCUT2D eigenvalue weighted by Crippen LogP contribution is 2.45. The second kappa shape index (κ2) is 10.9. The Bertz CT molecular complexity index is 1350. The van der Waals surface area contributed by atoms with Gasteiger partial charge in [-0.15, -0.1) is 0 Å². The molecule has 0 saturated heterocycles. The van der Waals surface area contributed by atoms with Gasteiger partial charge in [0.25, 0.3) is 0 Å². The number of fused-ring (bicyclic) bond motifs is 3. The molecule has 0 aliphatic carbocycles. The third-order valence-corrected chi connectivity index (χ3v) is 5.79. The van der Waals surface area contributed by atoms with Crippen molar-refractivity contribution in [2.75, 3.05) is 41.4 Å². The molecule has 2 amide bonds. The Morgan fingerprint density at radius 1 is 1.05 bits per heavy atom. The van der Waals surface area contributed by atoms with E-state index in [1.54, 1.807) is 13.8 Å². The van der Waals surface area contributed by atoms with Crippen LogP contribution in [0.4, 0.5) is 40.8 Å². The summed E-state index contributed by atoms with van der Waals surface area (Å²) in [7, 11) is 0. The van der Waals surface area contributed by atoms with E-state index in [9.17, 15) is 14.4 Å². The highest BCUT2D eigenvalue weighted by atomic mass is 19.1. The van der Waals surface area contributed by atoms with Gasteiger partial charge >= 0.3 is 6.03 Å². The van der Waals surface area contributed by atoms with Gasteiger partial charge < -0.3 is 15.7 Å². The first-order valence-corrected chi connectivity index (χ1v) is 11.6. The second-order valence-electron chi connectivity index (χ2n) is 8.64. The lowest BCUT2D eigenvalue weighted by atomic mass is 10.0. The van der Waals surface area contributed by atoms with Gasteiger partial charge in [0.05, 0.1) is 30.1 Å². The molecular formula is C26H25F3N6O2. The molecule has 1 aromatic heterocycles. The molecule has 1 aliphatic rings. The second-order valence-corrected chi connectivity index (χ2v) is 8.64. The number of hydrogen-bond acceptors (Lipinski definition) is 6. The number of carbonyl (C=O) groups is 1. The number of hydrogen-bond donors (Lipinski definition) is 3. The Labute approximate surface area is 212 Å². The largest absolute Gasteiger partial charge is 0.395 e. The Morgan fingerprint density at radius 2 is 1.78 bits per heavy atom. The van der Waals surface area contributed by atoms with E-state index in [0.717, 1.165) is 23.2 Å². The lowest BCUT2D eigenvalue weighted by molar-refractivity contribution is 0.251. The number of nitriles is 1. The van der Waals surface area contributed by atoms with Crippen LogP contribution < -0.4 is 20.4 Å². The number of urea groups is 1. The zero-order chi connectivity index (χ0) is 26.7. The Balaban J connectivity index is 1.87. The molecule has 0 unspecified atom stereocenters. The predicted molar refractivity (Wildman–Crippen MR) is 134 cm³/mol. The lowest BCUT2D eigenvalue weighted by Gasteiger charge is -2.31. The van der Waals surface area contributed by atoms with Crippen LogP contribution in [0.5, 0.6) is 0 Å². The van der Waals surface area contributed by atoms with Crippen LogP contribution >= 0.6 is 0 Å². The average molecular weight is 511 g/mol. The average Bonchev–Trinajstić information content (AvgIpc) is 2.95. The fourth-order valence-corrected chi connectivity index (χ4v) is 4.20. The van der Waals surface area contributed by atoms with E-state index in [1.165, 1.54) is 29.2 Å². The van der Waals surface area contributed by atoms with Gasteiger partial charge in [0, 0.05) is 42.5 Å². The summed E-state index contributed by atoms with van der Waals surface area (Å²) in [5.74, 6) is -2.55. The third kappa shape index (κ3) is 5.07. The van der Waals surface area contributed by atoms with E-state index >= 15 is 8.78 Å². The fraction of sp³-hybridized carbons (Fsp3) is 0.269. The fourth-order valence-electron chi connectivity index (χ4n) is 4.20. The molecule has 0 bridgehead atoms. The number of halogens is 3. The van der Waals surface area contributed by atoms with Crippen molar-refractivity contribution in [1.29, 1.82) is 5.26 Å². The van der Waals surface area contributed by atoms with Gasteiger partial charge in [0.15, 0.2) is 11.6 Å². The molecule has 0 atom stereocenters. The summed E-state index contributed by atoms with van der Waals surface area (Å²) >= 11 is 0. The molecule has 0 saturated carbocycles. The van der Waals surface area contributed by atoms with Crippen molar-refractivity contribution in [3.63, 3.8) is 0 Å². The molecule has 4 rings (SSSR count). The molecule has 1 aliphatic heterocycles. The van der Waals surface area contributed by atoms with Gasteiger partial charge in [-0.1, -0.05) is 6.07 Å². The Hall–Kier alpha value is -4.14. The minimum Gasteiger partial charge on any atom is -0.395 e. The molecule has 2 heterocycles. The summed E-state index contributed by atoms with van der Waals surface area (Å²) in [6, 6.07) is 8.31. The molecule has 3 N–H and O–H groups in total. The molecule has 0 fully saturated rings. The summed E-state index contributed by atoms with van der Waals surface area (Å²) in [6.45, 7) is 4.54. The number of rotatable bonds is 8. The van der Waals surface area contributed by atoms with Crippen molar-refractivity contribution in [1.82, 2.24) is 10.3 Å². The molecular weight excluding hydrogens is 485 g/mol. The molecule has 0 radical (unpaired) electrons. The number of aromatic nitrogens is 1. The first-order chi connectivity index (χ1) is 17.8. The number of carbonyl (C=O) groups excluding carboxylic acids is 1. The number of nitrogens with one attached hydrogen (secondary N) is 2. The molecule has 2 aromatic carbocycles. The van der Waals surface area contributed by atoms with E-state index < -0.39 is 35.2 Å². The summed E-state index contributed by atoms with van der Waals surface area (Å²) < 4.78 is 45.4. The molecule has 192 valence electrons. The van der Waals surface area contributed by atoms with Crippen LogP contribution in [0.15, 0.2) is 42.6 Å². The first-order valence-electron chi connectivity index (χ1n) is 11.6. The molecule has 3 aromatic rings. The maximum Gasteiger partial charge on any atom is 0.335 e. The van der Waals surface area contributed by atoms with E-state index in [4.69, 9.17) is 5.11 Å². The van der Waals surface area contributed by atoms with Crippen molar-refractivity contribution < 1.29 is 23.1 Å². The molecule has 37 heavy (non-hydrogen) atoms. The van der Waals surface area contributed by atoms with E-state index in [-0.39, 0.29) is 40.5 Å². The van der Waals surface area contributed by atoms with Crippen molar-refractivity contribution >= 4 is 28.9 Å². The first kappa shape index (κ1) is 25.9.